The fraction of sp³-hybridized carbons (Fsp3) is 0.280. The molecule has 2 aliphatic rings. The van der Waals surface area contributed by atoms with Gasteiger partial charge in [0.15, 0.2) is 11.7 Å². The zero-order valence-corrected chi connectivity index (χ0v) is 19.8. The Labute approximate surface area is 203 Å². The van der Waals surface area contributed by atoms with Gasteiger partial charge in [-0.05, 0) is 73.1 Å². The fourth-order valence-electron chi connectivity index (χ4n) is 3.63. The second-order valence-corrected chi connectivity index (χ2v) is 8.46. The average Bonchev–Trinajstić information content (AvgIpc) is 2.83. The van der Waals surface area contributed by atoms with Gasteiger partial charge in [0.1, 0.15) is 11.3 Å². The molecule has 0 bridgehead atoms. The van der Waals surface area contributed by atoms with Gasteiger partial charge < -0.3 is 14.4 Å². The molecule has 0 atom stereocenters. The molecule has 0 aromatic heterocycles. The van der Waals surface area contributed by atoms with Gasteiger partial charge >= 0.3 is 0 Å². The molecule has 4 rings (SSSR count). The van der Waals surface area contributed by atoms with Crippen molar-refractivity contribution in [2.45, 2.75) is 13.8 Å². The van der Waals surface area contributed by atoms with E-state index in [1.165, 1.54) is 11.0 Å². The Balaban J connectivity index is 1.47. The lowest BCUT2D eigenvalue weighted by Gasteiger charge is -2.29. The van der Waals surface area contributed by atoms with Crippen LogP contribution < -0.4 is 15.0 Å². The Morgan fingerprint density at radius 3 is 2.47 bits per heavy atom. The normalized spacial score (nSPS) is 17.7. The maximum Gasteiger partial charge on any atom is 0.270 e. The van der Waals surface area contributed by atoms with Crippen LogP contribution in [0.1, 0.15) is 16.7 Å². The quantitative estimate of drug-likeness (QED) is 0.403. The van der Waals surface area contributed by atoms with Gasteiger partial charge in [-0.1, -0.05) is 18.2 Å². The minimum absolute atomic E-state index is 0.0250. The second-order valence-electron chi connectivity index (χ2n) is 8.08. The summed E-state index contributed by atoms with van der Waals surface area (Å²) >= 11 is 5.26. The number of rotatable bonds is 5. The van der Waals surface area contributed by atoms with E-state index >= 15 is 0 Å². The first kappa shape index (κ1) is 23.6. The molecule has 2 aromatic carbocycles. The highest BCUT2D eigenvalue weighted by molar-refractivity contribution is 7.80. The summed E-state index contributed by atoms with van der Waals surface area (Å²) in [6.45, 7) is 6.06. The van der Waals surface area contributed by atoms with E-state index in [9.17, 15) is 14.4 Å². The van der Waals surface area contributed by atoms with Crippen LogP contribution in [0.5, 0.6) is 5.75 Å². The van der Waals surface area contributed by atoms with E-state index in [-0.39, 0.29) is 23.2 Å². The van der Waals surface area contributed by atoms with Crippen molar-refractivity contribution in [3.8, 4) is 5.75 Å². The highest BCUT2D eigenvalue weighted by atomic mass is 32.1. The molecule has 8 nitrogen and oxygen atoms in total. The lowest BCUT2D eigenvalue weighted by Crippen LogP contribution is -2.54. The molecule has 2 heterocycles. The van der Waals surface area contributed by atoms with E-state index < -0.39 is 11.8 Å². The molecule has 9 heteroatoms. The molecule has 1 N–H and O–H groups in total. The average molecular weight is 480 g/mol. The molecule has 0 saturated carbocycles. The number of hydrogen-bond donors (Lipinski definition) is 1. The summed E-state index contributed by atoms with van der Waals surface area (Å²) < 4.78 is 10.8. The number of nitrogens with one attached hydrogen (secondary N) is 1. The Morgan fingerprint density at radius 2 is 1.79 bits per heavy atom. The van der Waals surface area contributed by atoms with Gasteiger partial charge in [0.25, 0.3) is 17.7 Å². The first-order valence-electron chi connectivity index (χ1n) is 10.9. The number of amides is 3. The number of benzene rings is 2. The highest BCUT2D eigenvalue weighted by Crippen LogP contribution is 2.24. The van der Waals surface area contributed by atoms with Crippen molar-refractivity contribution >= 4 is 46.8 Å². The Hall–Kier alpha value is -3.56. The number of hydrogen-bond acceptors (Lipinski definition) is 6. The summed E-state index contributed by atoms with van der Waals surface area (Å²) in [5, 5.41) is 2.64. The molecule has 3 amide bonds. The molecule has 0 radical (unpaired) electrons. The molecule has 0 aliphatic carbocycles. The monoisotopic (exact) mass is 479 g/mol. The lowest BCUT2D eigenvalue weighted by atomic mass is 10.1. The van der Waals surface area contributed by atoms with Crippen LogP contribution in [0.25, 0.3) is 6.08 Å². The van der Waals surface area contributed by atoms with Crippen LogP contribution in [-0.4, -0.2) is 60.6 Å². The highest BCUT2D eigenvalue weighted by Gasteiger charge is 2.34. The predicted molar refractivity (Wildman–Crippen MR) is 131 cm³/mol. The molecule has 2 aromatic rings. The minimum atomic E-state index is -0.550. The number of nitrogens with zero attached hydrogens (tertiary/aromatic N) is 2. The van der Waals surface area contributed by atoms with E-state index in [0.29, 0.717) is 43.3 Å². The van der Waals surface area contributed by atoms with Crippen LogP contribution >= 0.6 is 12.2 Å². The molecular formula is C25H25N3O5S. The Bertz CT molecular complexity index is 1170. The van der Waals surface area contributed by atoms with Crippen molar-refractivity contribution < 1.29 is 23.9 Å². The van der Waals surface area contributed by atoms with Crippen LogP contribution in [0, 0.1) is 13.8 Å². The van der Waals surface area contributed by atoms with Gasteiger partial charge in [-0.25, -0.2) is 0 Å². The van der Waals surface area contributed by atoms with E-state index in [4.69, 9.17) is 21.7 Å². The largest absolute Gasteiger partial charge is 0.484 e. The molecule has 2 fully saturated rings. The number of anilines is 1. The number of carbonyl (C=O) groups is 3. The molecule has 34 heavy (non-hydrogen) atoms. The zero-order valence-electron chi connectivity index (χ0n) is 19.0. The van der Waals surface area contributed by atoms with Crippen molar-refractivity contribution in [2.75, 3.05) is 37.8 Å². The van der Waals surface area contributed by atoms with E-state index in [0.717, 1.165) is 11.1 Å². The van der Waals surface area contributed by atoms with E-state index in [1.807, 2.05) is 26.0 Å². The third-order valence-corrected chi connectivity index (χ3v) is 6.05. The van der Waals surface area contributed by atoms with Gasteiger partial charge in [0.2, 0.25) is 0 Å². The van der Waals surface area contributed by atoms with E-state index in [2.05, 4.69) is 5.32 Å². The van der Waals surface area contributed by atoms with Crippen LogP contribution in [0.3, 0.4) is 0 Å². The molecule has 0 spiro atoms. The fourth-order valence-corrected chi connectivity index (χ4v) is 3.91. The van der Waals surface area contributed by atoms with Crippen LogP contribution in [0.15, 0.2) is 48.0 Å². The maximum absolute atomic E-state index is 13.2. The summed E-state index contributed by atoms with van der Waals surface area (Å²) in [6.07, 6.45) is 1.51. The summed E-state index contributed by atoms with van der Waals surface area (Å²) in [7, 11) is 0. The minimum Gasteiger partial charge on any atom is -0.484 e. The third kappa shape index (κ3) is 5.16. The van der Waals surface area contributed by atoms with Crippen LogP contribution in [0.4, 0.5) is 5.69 Å². The Kier molecular flexibility index (Phi) is 7.04. The van der Waals surface area contributed by atoms with Crippen LogP contribution in [-0.2, 0) is 19.1 Å². The van der Waals surface area contributed by atoms with Gasteiger partial charge in [0, 0.05) is 13.1 Å². The van der Waals surface area contributed by atoms with Crippen molar-refractivity contribution in [3.05, 3.63) is 64.7 Å². The van der Waals surface area contributed by atoms with Gasteiger partial charge in [0.05, 0.1) is 18.9 Å². The molecule has 2 aliphatic heterocycles. The van der Waals surface area contributed by atoms with Crippen molar-refractivity contribution in [1.82, 2.24) is 10.2 Å². The first-order chi connectivity index (χ1) is 16.3. The van der Waals surface area contributed by atoms with Gasteiger partial charge in [-0.15, -0.1) is 0 Å². The molecule has 2 saturated heterocycles. The van der Waals surface area contributed by atoms with Crippen LogP contribution in [0.2, 0.25) is 0 Å². The summed E-state index contributed by atoms with van der Waals surface area (Å²) in [5.74, 6) is -0.623. The molecule has 176 valence electrons. The lowest BCUT2D eigenvalue weighted by molar-refractivity contribution is -0.137. The number of ether oxygens (including phenoxy) is 2. The first-order valence-corrected chi connectivity index (χ1v) is 11.3. The van der Waals surface area contributed by atoms with Gasteiger partial charge in [-0.3, -0.25) is 24.6 Å². The maximum atomic E-state index is 13.2. The van der Waals surface area contributed by atoms with Crippen molar-refractivity contribution in [1.29, 1.82) is 0 Å². The third-order valence-electron chi connectivity index (χ3n) is 5.77. The predicted octanol–water partition coefficient (Wildman–Crippen LogP) is 2.37. The summed E-state index contributed by atoms with van der Waals surface area (Å²) in [4.78, 5) is 41.0. The molecular weight excluding hydrogens is 454 g/mol. The summed E-state index contributed by atoms with van der Waals surface area (Å²) in [5.41, 5.74) is 3.31. The van der Waals surface area contributed by atoms with E-state index in [1.54, 1.807) is 35.2 Å². The summed E-state index contributed by atoms with van der Waals surface area (Å²) in [6, 6.07) is 12.4. The number of thiocarbonyl (C=S) groups is 1. The number of carbonyl (C=O) groups excluding carboxylic acids is 3. The SMILES string of the molecule is Cc1ccc(N2C(=O)/C(=C/c3ccc(OCC(=O)N4CCOCC4)cc3)C(=O)NC2=S)cc1C. The smallest absolute Gasteiger partial charge is 0.270 e. The van der Waals surface area contributed by atoms with Crippen molar-refractivity contribution in [2.24, 2.45) is 0 Å². The molecule has 0 unspecified atom stereocenters. The topological polar surface area (TPSA) is 88.2 Å². The second kappa shape index (κ2) is 10.1. The Morgan fingerprint density at radius 1 is 1.09 bits per heavy atom. The van der Waals surface area contributed by atoms with Gasteiger partial charge in [-0.2, -0.15) is 0 Å². The number of morpholine rings is 1. The standard InChI is InChI=1S/C25H25N3O5S/c1-16-3-6-19(13-17(16)2)28-24(31)21(23(30)26-25(28)34)14-18-4-7-20(8-5-18)33-15-22(29)27-9-11-32-12-10-27/h3-8,13-14H,9-12,15H2,1-2H3,(H,26,30,34)/b21-14+. The number of aryl methyl sites for hydroxylation is 2. The van der Waals surface area contributed by atoms with Crippen molar-refractivity contribution in [3.63, 3.8) is 0 Å². The zero-order chi connectivity index (χ0) is 24.2.